The molecule has 0 saturated carbocycles. The molecule has 0 aliphatic carbocycles. The van der Waals surface area contributed by atoms with Gasteiger partial charge in [0.2, 0.25) is 0 Å². The fourth-order valence-electron chi connectivity index (χ4n) is 1.98. The van der Waals surface area contributed by atoms with Crippen LogP contribution in [-0.2, 0) is 0 Å². The molecule has 2 atom stereocenters. The normalized spacial score (nSPS) is 32.5. The average Bonchev–Trinajstić information content (AvgIpc) is 2.32. The molecule has 1 rings (SSSR count). The van der Waals surface area contributed by atoms with E-state index in [0.717, 1.165) is 26.1 Å². The molecule has 1 heterocycles. The van der Waals surface area contributed by atoms with Gasteiger partial charge in [-0.15, -0.1) is 0 Å². The highest BCUT2D eigenvalue weighted by atomic mass is 19.1. The molecule has 1 aliphatic heterocycles. The van der Waals surface area contributed by atoms with Gasteiger partial charge in [0.15, 0.2) is 0 Å². The first kappa shape index (κ1) is 10.9. The standard InChI is InChI=1S/C10H21FN2/c1-3-13-9(2)10(11)5-4-7-12-8-6-10/h9,12-13H,3-8H2,1-2H3. The van der Waals surface area contributed by atoms with Gasteiger partial charge in [0.05, 0.1) is 0 Å². The van der Waals surface area contributed by atoms with Crippen LogP contribution in [0.1, 0.15) is 33.1 Å². The maximum Gasteiger partial charge on any atom is 0.127 e. The van der Waals surface area contributed by atoms with Gasteiger partial charge in [-0.25, -0.2) is 4.39 Å². The van der Waals surface area contributed by atoms with Gasteiger partial charge in [0, 0.05) is 6.04 Å². The van der Waals surface area contributed by atoms with Crippen molar-refractivity contribution in [1.82, 2.24) is 10.6 Å². The topological polar surface area (TPSA) is 24.1 Å². The molecule has 0 aromatic rings. The maximum absolute atomic E-state index is 14.3. The SMILES string of the molecule is CCNC(C)C1(F)CCCNCC1. The Labute approximate surface area is 80.3 Å². The van der Waals surface area contributed by atoms with Crippen LogP contribution in [0, 0.1) is 0 Å². The van der Waals surface area contributed by atoms with E-state index in [9.17, 15) is 4.39 Å². The Hall–Kier alpha value is -0.150. The molecule has 0 amide bonds. The number of hydrogen-bond acceptors (Lipinski definition) is 2. The van der Waals surface area contributed by atoms with Gasteiger partial charge in [-0.2, -0.15) is 0 Å². The zero-order chi connectivity index (χ0) is 9.73. The van der Waals surface area contributed by atoms with Crippen molar-refractivity contribution in [3.05, 3.63) is 0 Å². The molecule has 1 saturated heterocycles. The largest absolute Gasteiger partial charge is 0.317 e. The van der Waals surface area contributed by atoms with E-state index in [1.54, 1.807) is 0 Å². The van der Waals surface area contributed by atoms with Crippen molar-refractivity contribution in [2.45, 2.75) is 44.8 Å². The third-order valence-corrected chi connectivity index (χ3v) is 2.95. The number of hydrogen-bond donors (Lipinski definition) is 2. The molecular formula is C10H21FN2. The van der Waals surface area contributed by atoms with Gasteiger partial charge in [-0.3, -0.25) is 0 Å². The highest BCUT2D eigenvalue weighted by Crippen LogP contribution is 2.27. The van der Waals surface area contributed by atoms with Gasteiger partial charge in [-0.05, 0) is 45.8 Å². The summed E-state index contributed by atoms with van der Waals surface area (Å²) in [6.45, 7) is 6.60. The summed E-state index contributed by atoms with van der Waals surface area (Å²) in [6.07, 6.45) is 2.28. The van der Waals surface area contributed by atoms with Crippen molar-refractivity contribution in [3.8, 4) is 0 Å². The summed E-state index contributed by atoms with van der Waals surface area (Å²) in [5, 5.41) is 6.41. The van der Waals surface area contributed by atoms with Crippen LogP contribution < -0.4 is 10.6 Å². The lowest BCUT2D eigenvalue weighted by Gasteiger charge is -2.30. The molecule has 0 aromatic heterocycles. The maximum atomic E-state index is 14.3. The average molecular weight is 188 g/mol. The Morgan fingerprint density at radius 1 is 1.46 bits per heavy atom. The van der Waals surface area contributed by atoms with Crippen LogP contribution in [0.5, 0.6) is 0 Å². The molecule has 13 heavy (non-hydrogen) atoms. The molecule has 78 valence electrons. The zero-order valence-corrected chi connectivity index (χ0v) is 8.70. The van der Waals surface area contributed by atoms with Crippen LogP contribution in [-0.4, -0.2) is 31.3 Å². The summed E-state index contributed by atoms with van der Waals surface area (Å²) in [4.78, 5) is 0. The smallest absolute Gasteiger partial charge is 0.127 e. The van der Waals surface area contributed by atoms with E-state index >= 15 is 0 Å². The Balaban J connectivity index is 2.49. The van der Waals surface area contributed by atoms with Gasteiger partial charge < -0.3 is 10.6 Å². The second-order valence-electron chi connectivity index (χ2n) is 3.92. The van der Waals surface area contributed by atoms with E-state index in [-0.39, 0.29) is 6.04 Å². The van der Waals surface area contributed by atoms with E-state index < -0.39 is 5.67 Å². The molecule has 0 spiro atoms. The van der Waals surface area contributed by atoms with Gasteiger partial charge >= 0.3 is 0 Å². The monoisotopic (exact) mass is 188 g/mol. The molecule has 1 fully saturated rings. The molecule has 0 aromatic carbocycles. The summed E-state index contributed by atoms with van der Waals surface area (Å²) < 4.78 is 14.3. The van der Waals surface area contributed by atoms with Crippen molar-refractivity contribution < 1.29 is 4.39 Å². The number of rotatable bonds is 3. The molecule has 2 unspecified atom stereocenters. The second kappa shape index (κ2) is 4.91. The van der Waals surface area contributed by atoms with Crippen molar-refractivity contribution in [2.24, 2.45) is 0 Å². The highest BCUT2D eigenvalue weighted by molar-refractivity contribution is 4.91. The predicted molar refractivity (Wildman–Crippen MR) is 53.7 cm³/mol. The predicted octanol–water partition coefficient (Wildman–Crippen LogP) is 1.47. The van der Waals surface area contributed by atoms with E-state index in [4.69, 9.17) is 0 Å². The fourth-order valence-corrected chi connectivity index (χ4v) is 1.98. The number of halogens is 1. The molecule has 0 radical (unpaired) electrons. The van der Waals surface area contributed by atoms with Crippen LogP contribution in [0.4, 0.5) is 4.39 Å². The summed E-state index contributed by atoms with van der Waals surface area (Å²) >= 11 is 0. The van der Waals surface area contributed by atoms with Gasteiger partial charge in [-0.1, -0.05) is 6.92 Å². The van der Waals surface area contributed by atoms with Crippen LogP contribution in [0.2, 0.25) is 0 Å². The van der Waals surface area contributed by atoms with Crippen LogP contribution >= 0.6 is 0 Å². The molecule has 3 heteroatoms. The van der Waals surface area contributed by atoms with Crippen molar-refractivity contribution in [2.75, 3.05) is 19.6 Å². The Morgan fingerprint density at radius 2 is 2.23 bits per heavy atom. The lowest BCUT2D eigenvalue weighted by atomic mass is 9.89. The molecular weight excluding hydrogens is 167 g/mol. The zero-order valence-electron chi connectivity index (χ0n) is 8.70. The van der Waals surface area contributed by atoms with E-state index in [2.05, 4.69) is 10.6 Å². The van der Waals surface area contributed by atoms with Crippen LogP contribution in [0.15, 0.2) is 0 Å². The van der Waals surface area contributed by atoms with Gasteiger partial charge in [0.25, 0.3) is 0 Å². The minimum atomic E-state index is -1.00. The van der Waals surface area contributed by atoms with Crippen molar-refractivity contribution in [3.63, 3.8) is 0 Å². The quantitative estimate of drug-likeness (QED) is 0.701. The Kier molecular flexibility index (Phi) is 4.13. The molecule has 0 bridgehead atoms. The first-order valence-corrected chi connectivity index (χ1v) is 5.32. The van der Waals surface area contributed by atoms with Crippen LogP contribution in [0.3, 0.4) is 0 Å². The molecule has 1 aliphatic rings. The first-order chi connectivity index (χ1) is 6.19. The molecule has 2 N–H and O–H groups in total. The minimum Gasteiger partial charge on any atom is -0.317 e. The van der Waals surface area contributed by atoms with Gasteiger partial charge in [0.1, 0.15) is 5.67 Å². The lowest BCUT2D eigenvalue weighted by molar-refractivity contribution is 0.0981. The summed E-state index contributed by atoms with van der Waals surface area (Å²) in [5.41, 5.74) is -1.00. The number of alkyl halides is 1. The van der Waals surface area contributed by atoms with Crippen molar-refractivity contribution >= 4 is 0 Å². The first-order valence-electron chi connectivity index (χ1n) is 5.32. The summed E-state index contributed by atoms with van der Waals surface area (Å²) in [5.74, 6) is 0. The summed E-state index contributed by atoms with van der Waals surface area (Å²) in [6, 6.07) is -0.0163. The lowest BCUT2D eigenvalue weighted by Crippen LogP contribution is -2.46. The van der Waals surface area contributed by atoms with E-state index in [0.29, 0.717) is 12.8 Å². The van der Waals surface area contributed by atoms with E-state index in [1.165, 1.54) is 0 Å². The van der Waals surface area contributed by atoms with Crippen molar-refractivity contribution in [1.29, 1.82) is 0 Å². The highest BCUT2D eigenvalue weighted by Gasteiger charge is 2.35. The number of nitrogens with one attached hydrogen (secondary N) is 2. The second-order valence-corrected chi connectivity index (χ2v) is 3.92. The fraction of sp³-hybridized carbons (Fsp3) is 1.00. The van der Waals surface area contributed by atoms with Crippen LogP contribution in [0.25, 0.3) is 0 Å². The minimum absolute atomic E-state index is 0.0163. The summed E-state index contributed by atoms with van der Waals surface area (Å²) in [7, 11) is 0. The third-order valence-electron chi connectivity index (χ3n) is 2.95. The Bertz CT molecular complexity index is 142. The Morgan fingerprint density at radius 3 is 2.92 bits per heavy atom. The van der Waals surface area contributed by atoms with E-state index in [1.807, 2.05) is 13.8 Å². The molecule has 2 nitrogen and oxygen atoms in total. The third kappa shape index (κ3) is 2.92.